The molecule has 1 amide bonds. The first-order chi connectivity index (χ1) is 39.2. The zero-order chi connectivity index (χ0) is 58.2. The summed E-state index contributed by atoms with van der Waals surface area (Å²) in [5, 5.41) is 76.4. The number of unbranched alkanes of at least 4 members (excludes halogenated alkanes) is 45. The van der Waals surface area contributed by atoms with E-state index in [0.29, 0.717) is 19.3 Å². The Morgan fingerprint density at radius 3 is 1.11 bits per heavy atom. The third kappa shape index (κ3) is 45.0. The summed E-state index contributed by atoms with van der Waals surface area (Å²) in [5.41, 5.74) is 0. The predicted octanol–water partition coefficient (Wildman–Crippen LogP) is 16.4. The quantitative estimate of drug-likeness (QED) is 0.0215. The molecule has 8 N–H and O–H groups in total. The maximum absolute atomic E-state index is 13.2. The molecule has 0 spiro atoms. The van der Waals surface area contributed by atoms with Gasteiger partial charge in [-0.3, -0.25) is 4.79 Å². The SMILES string of the molecule is CCCCCCCCCCCCCCCCCCCCCCCC/C=C/CC/C=C/CCCC(O)C(O)C(COC1OC(CO)C(O)C(O)C1O)NC(=O)C(O)CCCCCCCCCCCCCCCCCCCCCCCC. The first kappa shape index (κ1) is 76.6. The van der Waals surface area contributed by atoms with Crippen molar-refractivity contribution in [2.45, 2.75) is 396 Å². The van der Waals surface area contributed by atoms with Crippen LogP contribution in [0.1, 0.15) is 341 Å². The zero-order valence-corrected chi connectivity index (χ0v) is 52.3. The fourth-order valence-corrected chi connectivity index (χ4v) is 11.4. The second kappa shape index (κ2) is 58.0. The topological polar surface area (TPSA) is 189 Å². The van der Waals surface area contributed by atoms with Crippen molar-refractivity contribution in [1.82, 2.24) is 5.32 Å². The van der Waals surface area contributed by atoms with Gasteiger partial charge in [0.15, 0.2) is 6.29 Å². The molecule has 80 heavy (non-hydrogen) atoms. The lowest BCUT2D eigenvalue weighted by molar-refractivity contribution is -0.303. The fraction of sp³-hybridized carbons (Fsp3) is 0.928. The third-order valence-electron chi connectivity index (χ3n) is 17.0. The molecule has 0 aromatic carbocycles. The van der Waals surface area contributed by atoms with Crippen molar-refractivity contribution in [3.8, 4) is 0 Å². The van der Waals surface area contributed by atoms with Crippen LogP contribution in [0.15, 0.2) is 24.3 Å². The van der Waals surface area contributed by atoms with E-state index in [1.807, 2.05) is 0 Å². The molecule has 0 aromatic rings. The van der Waals surface area contributed by atoms with Crippen LogP contribution in [0, 0.1) is 0 Å². The van der Waals surface area contributed by atoms with Gasteiger partial charge in [-0.25, -0.2) is 0 Å². The average Bonchev–Trinajstić information content (AvgIpc) is 3.47. The minimum Gasteiger partial charge on any atom is -0.394 e. The van der Waals surface area contributed by atoms with E-state index >= 15 is 0 Å². The number of nitrogens with one attached hydrogen (secondary N) is 1. The monoisotopic (exact) mass is 1140 g/mol. The summed E-state index contributed by atoms with van der Waals surface area (Å²) in [6.45, 7) is 3.49. The van der Waals surface area contributed by atoms with Gasteiger partial charge in [0.05, 0.1) is 25.4 Å². The van der Waals surface area contributed by atoms with Gasteiger partial charge in [-0.05, 0) is 51.4 Å². The highest BCUT2D eigenvalue weighted by molar-refractivity contribution is 5.80. The molecular weight excluding hydrogens is 1000 g/mol. The lowest BCUT2D eigenvalue weighted by Gasteiger charge is -2.40. The Morgan fingerprint density at radius 2 is 0.750 bits per heavy atom. The summed E-state index contributed by atoms with van der Waals surface area (Å²) in [6.07, 6.45) is 61.2. The normalized spacial score (nSPS) is 19.3. The highest BCUT2D eigenvalue weighted by Gasteiger charge is 2.44. The second-order valence-electron chi connectivity index (χ2n) is 24.6. The molecule has 0 radical (unpaired) electrons. The number of allylic oxidation sites excluding steroid dienone is 4. The molecule has 0 aliphatic carbocycles. The molecule has 9 unspecified atom stereocenters. The van der Waals surface area contributed by atoms with Crippen LogP contribution in [0.25, 0.3) is 0 Å². The van der Waals surface area contributed by atoms with E-state index in [0.717, 1.165) is 38.5 Å². The maximum atomic E-state index is 13.2. The predicted molar refractivity (Wildman–Crippen MR) is 335 cm³/mol. The van der Waals surface area contributed by atoms with Gasteiger partial charge in [-0.2, -0.15) is 0 Å². The van der Waals surface area contributed by atoms with E-state index in [2.05, 4.69) is 43.5 Å². The van der Waals surface area contributed by atoms with Crippen LogP contribution in [0.4, 0.5) is 0 Å². The molecule has 11 nitrogen and oxygen atoms in total. The molecule has 9 atom stereocenters. The van der Waals surface area contributed by atoms with Crippen molar-refractivity contribution < 1.29 is 50.0 Å². The molecular formula is C69H133NO10. The number of hydrogen-bond acceptors (Lipinski definition) is 10. The maximum Gasteiger partial charge on any atom is 0.249 e. The Hall–Kier alpha value is -1.41. The smallest absolute Gasteiger partial charge is 0.249 e. The average molecular weight is 1140 g/mol. The zero-order valence-electron chi connectivity index (χ0n) is 52.3. The van der Waals surface area contributed by atoms with Gasteiger partial charge in [-0.1, -0.05) is 314 Å². The lowest BCUT2D eigenvalue weighted by atomic mass is 9.98. The number of carbonyl (C=O) groups excluding carboxylic acids is 1. The Bertz CT molecular complexity index is 1350. The van der Waals surface area contributed by atoms with Gasteiger partial charge < -0.3 is 50.5 Å². The van der Waals surface area contributed by atoms with Crippen molar-refractivity contribution in [3.05, 3.63) is 24.3 Å². The van der Waals surface area contributed by atoms with Crippen molar-refractivity contribution in [3.63, 3.8) is 0 Å². The molecule has 0 bridgehead atoms. The lowest BCUT2D eigenvalue weighted by Crippen LogP contribution is -2.60. The van der Waals surface area contributed by atoms with E-state index in [-0.39, 0.29) is 12.8 Å². The van der Waals surface area contributed by atoms with Crippen LogP contribution < -0.4 is 5.32 Å². The number of hydrogen-bond donors (Lipinski definition) is 8. The van der Waals surface area contributed by atoms with E-state index < -0.39 is 74.2 Å². The Morgan fingerprint density at radius 1 is 0.425 bits per heavy atom. The molecule has 1 saturated heterocycles. The van der Waals surface area contributed by atoms with Gasteiger partial charge >= 0.3 is 0 Å². The second-order valence-corrected chi connectivity index (χ2v) is 24.6. The first-order valence-electron chi connectivity index (χ1n) is 34.7. The summed E-state index contributed by atoms with van der Waals surface area (Å²) in [4.78, 5) is 13.2. The van der Waals surface area contributed by atoms with Crippen LogP contribution in [-0.4, -0.2) is 110 Å². The van der Waals surface area contributed by atoms with Crippen molar-refractivity contribution in [2.75, 3.05) is 13.2 Å². The van der Waals surface area contributed by atoms with E-state index in [4.69, 9.17) is 9.47 Å². The highest BCUT2D eigenvalue weighted by Crippen LogP contribution is 2.24. The Balaban J connectivity index is 2.23. The Kier molecular flexibility index (Phi) is 55.5. The van der Waals surface area contributed by atoms with Crippen molar-refractivity contribution >= 4 is 5.91 Å². The molecule has 1 aliphatic rings. The van der Waals surface area contributed by atoms with Crippen molar-refractivity contribution in [1.29, 1.82) is 0 Å². The van der Waals surface area contributed by atoms with Crippen LogP contribution in [-0.2, 0) is 14.3 Å². The van der Waals surface area contributed by atoms with E-state index in [1.54, 1.807) is 0 Å². The largest absolute Gasteiger partial charge is 0.394 e. The molecule has 1 fully saturated rings. The van der Waals surface area contributed by atoms with Crippen molar-refractivity contribution in [2.24, 2.45) is 0 Å². The van der Waals surface area contributed by atoms with Gasteiger partial charge in [0.2, 0.25) is 5.91 Å². The number of aliphatic hydroxyl groups excluding tert-OH is 7. The van der Waals surface area contributed by atoms with Gasteiger partial charge in [0.25, 0.3) is 0 Å². The number of aliphatic hydroxyl groups is 7. The summed E-state index contributed by atoms with van der Waals surface area (Å²) in [6, 6.07) is -1.19. The standard InChI is InChI=1S/C69H133NO10/c1-3-5-7-9-11-13-15-17-19-21-23-25-27-28-29-30-31-32-33-34-35-37-38-40-42-44-46-48-50-52-54-56-61(72)64(74)60(59-79-69-67(77)66(76)65(75)63(58-71)80-69)70-68(78)62(73)57-55-53-51-49-47-45-43-41-39-36-26-24-22-20-18-16-14-12-10-8-6-4-2/h40,42,48,50,60-67,69,71-77H,3-39,41,43-47,49,51-59H2,1-2H3,(H,70,78)/b42-40+,50-48+. The van der Waals surface area contributed by atoms with Crippen LogP contribution in [0.5, 0.6) is 0 Å². The number of ether oxygens (including phenoxy) is 2. The number of amides is 1. The number of rotatable bonds is 61. The number of carbonyl (C=O) groups is 1. The van der Waals surface area contributed by atoms with Crippen LogP contribution >= 0.6 is 0 Å². The van der Waals surface area contributed by atoms with E-state index in [9.17, 15) is 40.5 Å². The molecule has 474 valence electrons. The van der Waals surface area contributed by atoms with Gasteiger partial charge in [-0.15, -0.1) is 0 Å². The fourth-order valence-electron chi connectivity index (χ4n) is 11.4. The van der Waals surface area contributed by atoms with E-state index in [1.165, 1.54) is 257 Å². The molecule has 1 rings (SSSR count). The first-order valence-corrected chi connectivity index (χ1v) is 34.7. The third-order valence-corrected chi connectivity index (χ3v) is 17.0. The van der Waals surface area contributed by atoms with Gasteiger partial charge in [0, 0.05) is 0 Å². The van der Waals surface area contributed by atoms with Crippen LogP contribution in [0.2, 0.25) is 0 Å². The highest BCUT2D eigenvalue weighted by atomic mass is 16.7. The molecule has 0 aromatic heterocycles. The summed E-state index contributed by atoms with van der Waals surface area (Å²) in [5.74, 6) is -0.704. The minimum absolute atomic E-state index is 0.249. The molecule has 0 saturated carbocycles. The molecule has 1 aliphatic heterocycles. The van der Waals surface area contributed by atoms with Gasteiger partial charge in [0.1, 0.15) is 36.6 Å². The molecule has 11 heteroatoms. The molecule has 1 heterocycles. The minimum atomic E-state index is -1.67. The summed E-state index contributed by atoms with van der Waals surface area (Å²) in [7, 11) is 0. The summed E-state index contributed by atoms with van der Waals surface area (Å²) >= 11 is 0. The van der Waals surface area contributed by atoms with Crippen LogP contribution in [0.3, 0.4) is 0 Å². The Labute approximate surface area is 493 Å². The summed E-state index contributed by atoms with van der Waals surface area (Å²) < 4.78 is 11.2.